The number of rotatable bonds is 2. The molecular formula is C8H7N4O-. The van der Waals surface area contributed by atoms with Gasteiger partial charge in [0.1, 0.15) is 5.75 Å². The minimum absolute atomic E-state index is 0.513. The molecule has 0 atom stereocenters. The van der Waals surface area contributed by atoms with Crippen molar-refractivity contribution in [2.75, 3.05) is 7.11 Å². The maximum Gasteiger partial charge on any atom is 0.119 e. The summed E-state index contributed by atoms with van der Waals surface area (Å²) in [5.74, 6) is 1.28. The first kappa shape index (κ1) is 7.72. The van der Waals surface area contributed by atoms with Crippen LogP contribution in [-0.2, 0) is 0 Å². The average Bonchev–Trinajstić information content (AvgIpc) is 2.71. The maximum absolute atomic E-state index is 5.06. The molecule has 0 saturated carbocycles. The Bertz CT molecular complexity index is 385. The normalized spacial score (nSPS) is 9.92. The zero-order valence-electron chi connectivity index (χ0n) is 7.01. The van der Waals surface area contributed by atoms with E-state index in [1.165, 1.54) is 0 Å². The molecule has 5 nitrogen and oxygen atoms in total. The number of aromatic nitrogens is 4. The standard InChI is InChI=1S/C8H7N4O/c1-13-7-4-2-3-6(5-7)8-9-11-12-10-8/h2-5H,1H3/q-1. The second-order valence-corrected chi connectivity index (χ2v) is 2.43. The fourth-order valence-corrected chi connectivity index (χ4v) is 1.02. The van der Waals surface area contributed by atoms with Crippen molar-refractivity contribution in [3.05, 3.63) is 24.3 Å². The highest BCUT2D eigenvalue weighted by Crippen LogP contribution is 2.18. The third-order valence-corrected chi connectivity index (χ3v) is 1.65. The van der Waals surface area contributed by atoms with Crippen LogP contribution < -0.4 is 9.84 Å². The van der Waals surface area contributed by atoms with E-state index in [2.05, 4.69) is 20.6 Å². The van der Waals surface area contributed by atoms with Crippen molar-refractivity contribution < 1.29 is 4.74 Å². The average molecular weight is 175 g/mol. The summed E-state index contributed by atoms with van der Waals surface area (Å²) in [6.45, 7) is 0. The smallest absolute Gasteiger partial charge is 0.119 e. The molecule has 0 N–H and O–H groups in total. The summed E-state index contributed by atoms with van der Waals surface area (Å²) in [6, 6.07) is 7.43. The quantitative estimate of drug-likeness (QED) is 0.665. The van der Waals surface area contributed by atoms with Gasteiger partial charge in [0.2, 0.25) is 0 Å². The van der Waals surface area contributed by atoms with Gasteiger partial charge < -0.3 is 9.84 Å². The number of hydrogen-bond donors (Lipinski definition) is 0. The van der Waals surface area contributed by atoms with Crippen molar-refractivity contribution in [1.29, 1.82) is 0 Å². The van der Waals surface area contributed by atoms with Crippen LogP contribution in [0.1, 0.15) is 0 Å². The molecule has 13 heavy (non-hydrogen) atoms. The van der Waals surface area contributed by atoms with Crippen LogP contribution in [0.2, 0.25) is 0 Å². The first-order chi connectivity index (χ1) is 6.40. The molecule has 2 rings (SSSR count). The van der Waals surface area contributed by atoms with E-state index in [0.717, 1.165) is 11.3 Å². The predicted octanol–water partition coefficient (Wildman–Crippen LogP) is 0.504. The fourth-order valence-electron chi connectivity index (χ4n) is 1.02. The van der Waals surface area contributed by atoms with Gasteiger partial charge in [-0.25, -0.2) is 0 Å². The molecule has 0 radical (unpaired) electrons. The van der Waals surface area contributed by atoms with Crippen molar-refractivity contribution in [1.82, 2.24) is 20.6 Å². The third kappa shape index (κ3) is 1.48. The Morgan fingerprint density at radius 3 is 3.00 bits per heavy atom. The maximum atomic E-state index is 5.06. The molecule has 0 fully saturated rings. The van der Waals surface area contributed by atoms with Crippen LogP contribution in [-0.4, -0.2) is 22.6 Å². The number of hydrogen-bond acceptors (Lipinski definition) is 4. The molecule has 2 aromatic rings. The third-order valence-electron chi connectivity index (χ3n) is 1.65. The molecule has 66 valence electrons. The van der Waals surface area contributed by atoms with Gasteiger partial charge in [0, 0.05) is 5.82 Å². The Morgan fingerprint density at radius 2 is 2.31 bits per heavy atom. The molecule has 0 bridgehead atoms. The summed E-state index contributed by atoms with van der Waals surface area (Å²) in [5, 5.41) is 14.3. The van der Waals surface area contributed by atoms with Crippen molar-refractivity contribution in [2.24, 2.45) is 0 Å². The van der Waals surface area contributed by atoms with E-state index in [-0.39, 0.29) is 0 Å². The lowest BCUT2D eigenvalue weighted by atomic mass is 10.2. The Labute approximate surface area is 74.7 Å². The molecule has 5 heteroatoms. The van der Waals surface area contributed by atoms with Gasteiger partial charge in [0.25, 0.3) is 0 Å². The number of nitrogens with zero attached hydrogens (tertiary/aromatic N) is 4. The van der Waals surface area contributed by atoms with Gasteiger partial charge in [-0.2, -0.15) is 5.21 Å². The number of ether oxygens (including phenoxy) is 1. The van der Waals surface area contributed by atoms with E-state index < -0.39 is 0 Å². The van der Waals surface area contributed by atoms with Crippen LogP contribution in [0.3, 0.4) is 0 Å². The zero-order valence-corrected chi connectivity index (χ0v) is 7.01. The largest absolute Gasteiger partial charge is 0.497 e. The lowest BCUT2D eigenvalue weighted by molar-refractivity contribution is 0.415. The van der Waals surface area contributed by atoms with Crippen molar-refractivity contribution >= 4 is 0 Å². The summed E-state index contributed by atoms with van der Waals surface area (Å²) in [7, 11) is 1.61. The molecular weight excluding hydrogens is 168 g/mol. The molecule has 0 unspecified atom stereocenters. The van der Waals surface area contributed by atoms with Crippen LogP contribution in [0.25, 0.3) is 11.4 Å². The van der Waals surface area contributed by atoms with Gasteiger partial charge in [-0.05, 0) is 17.7 Å². The molecule has 0 aliphatic heterocycles. The van der Waals surface area contributed by atoms with Gasteiger partial charge in [0.15, 0.2) is 0 Å². The van der Waals surface area contributed by atoms with Crippen LogP contribution >= 0.6 is 0 Å². The van der Waals surface area contributed by atoms with E-state index >= 15 is 0 Å². The van der Waals surface area contributed by atoms with Crippen LogP contribution in [0.4, 0.5) is 0 Å². The number of tetrazole rings is 1. The summed E-state index contributed by atoms with van der Waals surface area (Å²) < 4.78 is 5.06. The van der Waals surface area contributed by atoms with Crippen LogP contribution in [0, 0.1) is 0 Å². The summed E-state index contributed by atoms with van der Waals surface area (Å²) in [5.41, 5.74) is 0.851. The first-order valence-electron chi connectivity index (χ1n) is 3.73. The van der Waals surface area contributed by atoms with Crippen molar-refractivity contribution in [3.63, 3.8) is 0 Å². The van der Waals surface area contributed by atoms with E-state index in [4.69, 9.17) is 4.74 Å². The molecule has 0 aliphatic carbocycles. The van der Waals surface area contributed by atoms with E-state index in [9.17, 15) is 0 Å². The Hall–Kier alpha value is -1.91. The highest BCUT2D eigenvalue weighted by Gasteiger charge is 1.96. The Kier molecular flexibility index (Phi) is 1.91. The summed E-state index contributed by atoms with van der Waals surface area (Å²) in [4.78, 5) is 0. The van der Waals surface area contributed by atoms with Crippen molar-refractivity contribution in [3.8, 4) is 17.1 Å². The molecule has 0 spiro atoms. The molecule has 0 saturated heterocycles. The van der Waals surface area contributed by atoms with E-state index in [1.807, 2.05) is 24.3 Å². The number of methoxy groups -OCH3 is 1. The Morgan fingerprint density at radius 1 is 1.38 bits per heavy atom. The van der Waals surface area contributed by atoms with E-state index in [0.29, 0.717) is 5.82 Å². The molecule has 0 amide bonds. The highest BCUT2D eigenvalue weighted by molar-refractivity contribution is 5.56. The van der Waals surface area contributed by atoms with Gasteiger partial charge in [0.05, 0.1) is 7.11 Å². The minimum Gasteiger partial charge on any atom is -0.497 e. The van der Waals surface area contributed by atoms with Gasteiger partial charge >= 0.3 is 0 Å². The monoisotopic (exact) mass is 175 g/mol. The minimum atomic E-state index is 0.513. The second-order valence-electron chi connectivity index (χ2n) is 2.43. The molecule has 1 heterocycles. The zero-order chi connectivity index (χ0) is 9.10. The SMILES string of the molecule is COc1cccc(-c2nnn[n-]2)c1. The molecule has 1 aromatic heterocycles. The number of benzene rings is 1. The van der Waals surface area contributed by atoms with Crippen LogP contribution in [0.5, 0.6) is 5.75 Å². The van der Waals surface area contributed by atoms with Gasteiger partial charge in [-0.3, -0.25) is 10.3 Å². The lowest BCUT2D eigenvalue weighted by Crippen LogP contribution is -1.86. The van der Waals surface area contributed by atoms with Crippen molar-refractivity contribution in [2.45, 2.75) is 0 Å². The predicted molar refractivity (Wildman–Crippen MR) is 45.1 cm³/mol. The molecule has 0 aliphatic rings. The van der Waals surface area contributed by atoms with Gasteiger partial charge in [-0.1, -0.05) is 12.1 Å². The Balaban J connectivity index is 2.41. The molecule has 1 aromatic carbocycles. The summed E-state index contributed by atoms with van der Waals surface area (Å²) in [6.07, 6.45) is 0. The fraction of sp³-hybridized carbons (Fsp3) is 0.125. The lowest BCUT2D eigenvalue weighted by Gasteiger charge is -2.02. The highest BCUT2D eigenvalue weighted by atomic mass is 16.5. The first-order valence-corrected chi connectivity index (χ1v) is 3.73. The van der Waals surface area contributed by atoms with Crippen LogP contribution in [0.15, 0.2) is 24.3 Å². The van der Waals surface area contributed by atoms with E-state index in [1.54, 1.807) is 7.11 Å². The second kappa shape index (κ2) is 3.22. The topological polar surface area (TPSA) is 62.0 Å². The van der Waals surface area contributed by atoms with Gasteiger partial charge in [-0.15, -0.1) is 0 Å². The summed E-state index contributed by atoms with van der Waals surface area (Å²) >= 11 is 0.